The van der Waals surface area contributed by atoms with Crippen molar-refractivity contribution in [2.45, 2.75) is 39.3 Å². The topological polar surface area (TPSA) is 155 Å². The summed E-state index contributed by atoms with van der Waals surface area (Å²) in [7, 11) is 1.23. The Labute approximate surface area is 167 Å². The van der Waals surface area contributed by atoms with E-state index >= 15 is 0 Å². The standard InChI is InChI=1S/C19H26N6O4/c1-4-25-10-13(15(26)12-8-7-11(2)23-16(12)25)17(27)24-14(18(28)29-3)6-5-9-22-19(20)21/h7-8,10,14H,4-6,9H2,1-3H3,(H,24,27)(H4,20,21,22). The van der Waals surface area contributed by atoms with Crippen molar-refractivity contribution in [3.8, 4) is 0 Å². The molecule has 0 bridgehead atoms. The molecular formula is C19H26N6O4. The van der Waals surface area contributed by atoms with Crippen molar-refractivity contribution in [3.05, 3.63) is 39.8 Å². The van der Waals surface area contributed by atoms with E-state index in [0.717, 1.165) is 5.69 Å². The maximum absolute atomic E-state index is 12.8. The fourth-order valence-electron chi connectivity index (χ4n) is 2.89. The van der Waals surface area contributed by atoms with Crippen LogP contribution in [0.25, 0.3) is 11.0 Å². The largest absolute Gasteiger partial charge is 0.467 e. The van der Waals surface area contributed by atoms with Gasteiger partial charge in [-0.2, -0.15) is 0 Å². The van der Waals surface area contributed by atoms with Gasteiger partial charge in [-0.3, -0.25) is 14.6 Å². The fraction of sp³-hybridized carbons (Fsp3) is 0.421. The predicted molar refractivity (Wildman–Crippen MR) is 110 cm³/mol. The number of ether oxygens (including phenoxy) is 1. The van der Waals surface area contributed by atoms with E-state index in [1.807, 2.05) is 13.8 Å². The second kappa shape index (κ2) is 9.67. The zero-order valence-corrected chi connectivity index (χ0v) is 16.8. The molecule has 10 heteroatoms. The van der Waals surface area contributed by atoms with Gasteiger partial charge in [-0.25, -0.2) is 9.78 Å². The minimum Gasteiger partial charge on any atom is -0.467 e. The SMILES string of the molecule is CCn1cc(C(=O)NC(CCCN=C(N)N)C(=O)OC)c(=O)c2ccc(C)nc21. The Bertz CT molecular complexity index is 994. The van der Waals surface area contributed by atoms with Crippen LogP contribution in [0.3, 0.4) is 0 Å². The number of nitrogens with two attached hydrogens (primary N) is 2. The molecular weight excluding hydrogens is 376 g/mol. The third-order valence-electron chi connectivity index (χ3n) is 4.38. The molecule has 0 saturated carbocycles. The zero-order chi connectivity index (χ0) is 21.6. The number of hydrogen-bond donors (Lipinski definition) is 3. The summed E-state index contributed by atoms with van der Waals surface area (Å²) in [6.07, 6.45) is 2.16. The first-order valence-electron chi connectivity index (χ1n) is 9.23. The van der Waals surface area contributed by atoms with Crippen LogP contribution < -0.4 is 22.2 Å². The van der Waals surface area contributed by atoms with E-state index < -0.39 is 23.3 Å². The number of fused-ring (bicyclic) bond motifs is 1. The number of nitrogens with zero attached hydrogens (tertiary/aromatic N) is 3. The molecule has 2 heterocycles. The number of nitrogens with one attached hydrogen (secondary N) is 1. The molecule has 0 aromatic carbocycles. The third kappa shape index (κ3) is 5.31. The van der Waals surface area contributed by atoms with Crippen LogP contribution in [0.5, 0.6) is 0 Å². The molecule has 0 fully saturated rings. The van der Waals surface area contributed by atoms with Crippen LogP contribution in [-0.4, -0.2) is 47.1 Å². The lowest BCUT2D eigenvalue weighted by atomic mass is 10.1. The maximum atomic E-state index is 12.8. The minimum atomic E-state index is -0.928. The number of carbonyl (C=O) groups is 2. The number of rotatable bonds is 8. The normalized spacial score (nSPS) is 11.7. The molecule has 1 amide bonds. The molecule has 156 valence electrons. The van der Waals surface area contributed by atoms with E-state index in [-0.39, 0.29) is 17.9 Å². The van der Waals surface area contributed by atoms with Crippen LogP contribution in [0, 0.1) is 6.92 Å². The molecule has 5 N–H and O–H groups in total. The van der Waals surface area contributed by atoms with Crippen LogP contribution in [0.15, 0.2) is 28.1 Å². The van der Waals surface area contributed by atoms with E-state index in [4.69, 9.17) is 16.2 Å². The summed E-state index contributed by atoms with van der Waals surface area (Å²) in [6.45, 7) is 4.53. The van der Waals surface area contributed by atoms with E-state index in [1.165, 1.54) is 13.3 Å². The Hall–Kier alpha value is -3.43. The summed E-state index contributed by atoms with van der Waals surface area (Å²) in [5.41, 5.74) is 11.3. The molecule has 1 atom stereocenters. The second-order valence-electron chi connectivity index (χ2n) is 6.48. The molecule has 2 rings (SSSR count). The highest BCUT2D eigenvalue weighted by molar-refractivity contribution is 5.98. The molecule has 0 saturated heterocycles. The zero-order valence-electron chi connectivity index (χ0n) is 16.8. The van der Waals surface area contributed by atoms with Crippen molar-refractivity contribution in [1.29, 1.82) is 0 Å². The highest BCUT2D eigenvalue weighted by Crippen LogP contribution is 2.11. The summed E-state index contributed by atoms with van der Waals surface area (Å²) in [6, 6.07) is 2.44. The predicted octanol–water partition coefficient (Wildman–Crippen LogP) is 0.0498. The maximum Gasteiger partial charge on any atom is 0.328 e. The first-order chi connectivity index (χ1) is 13.8. The van der Waals surface area contributed by atoms with Gasteiger partial charge in [0.05, 0.1) is 12.5 Å². The van der Waals surface area contributed by atoms with Crippen molar-refractivity contribution in [1.82, 2.24) is 14.9 Å². The van der Waals surface area contributed by atoms with Crippen LogP contribution in [0.1, 0.15) is 35.8 Å². The summed E-state index contributed by atoms with van der Waals surface area (Å²) >= 11 is 0. The molecule has 0 radical (unpaired) electrons. The molecule has 2 aromatic heterocycles. The average Bonchev–Trinajstić information content (AvgIpc) is 2.69. The summed E-state index contributed by atoms with van der Waals surface area (Å²) in [4.78, 5) is 45.9. The molecule has 1 unspecified atom stereocenters. The quantitative estimate of drug-likeness (QED) is 0.244. The second-order valence-corrected chi connectivity index (χ2v) is 6.48. The fourth-order valence-corrected chi connectivity index (χ4v) is 2.89. The molecule has 0 aliphatic carbocycles. The Balaban J connectivity index is 2.31. The van der Waals surface area contributed by atoms with Gasteiger partial charge in [0, 0.05) is 25.0 Å². The lowest BCUT2D eigenvalue weighted by molar-refractivity contribution is -0.143. The number of aromatic nitrogens is 2. The van der Waals surface area contributed by atoms with Crippen LogP contribution in [0.4, 0.5) is 0 Å². The van der Waals surface area contributed by atoms with Crippen LogP contribution in [-0.2, 0) is 16.1 Å². The van der Waals surface area contributed by atoms with Crippen molar-refractivity contribution in [3.63, 3.8) is 0 Å². The van der Waals surface area contributed by atoms with E-state index in [1.54, 1.807) is 16.7 Å². The Morgan fingerprint density at radius 3 is 2.69 bits per heavy atom. The Kier molecular flexibility index (Phi) is 7.29. The highest BCUT2D eigenvalue weighted by atomic mass is 16.5. The number of esters is 1. The number of carbonyl (C=O) groups excluding carboxylic acids is 2. The van der Waals surface area contributed by atoms with Gasteiger partial charge in [-0.05, 0) is 38.8 Å². The molecule has 29 heavy (non-hydrogen) atoms. The first kappa shape index (κ1) is 21.9. The van der Waals surface area contributed by atoms with Gasteiger partial charge in [0.2, 0.25) is 5.43 Å². The highest BCUT2D eigenvalue weighted by Gasteiger charge is 2.24. The summed E-state index contributed by atoms with van der Waals surface area (Å²) < 4.78 is 6.48. The Morgan fingerprint density at radius 1 is 1.34 bits per heavy atom. The van der Waals surface area contributed by atoms with E-state index in [9.17, 15) is 14.4 Å². The monoisotopic (exact) mass is 402 g/mol. The van der Waals surface area contributed by atoms with Gasteiger partial charge >= 0.3 is 5.97 Å². The van der Waals surface area contributed by atoms with Gasteiger partial charge < -0.3 is 26.1 Å². The number of methoxy groups -OCH3 is 1. The molecule has 0 aliphatic rings. The van der Waals surface area contributed by atoms with E-state index in [0.29, 0.717) is 30.5 Å². The number of guanidine groups is 1. The van der Waals surface area contributed by atoms with Crippen molar-refractivity contribution in [2.75, 3.05) is 13.7 Å². The minimum absolute atomic E-state index is 0.0521. The number of amides is 1. The number of aliphatic imine (C=N–C) groups is 1. The van der Waals surface area contributed by atoms with Crippen molar-refractivity contribution < 1.29 is 14.3 Å². The van der Waals surface area contributed by atoms with Crippen molar-refractivity contribution in [2.24, 2.45) is 16.5 Å². The number of aryl methyl sites for hydroxylation is 2. The van der Waals surface area contributed by atoms with Crippen LogP contribution >= 0.6 is 0 Å². The lowest BCUT2D eigenvalue weighted by Crippen LogP contribution is -2.43. The third-order valence-corrected chi connectivity index (χ3v) is 4.38. The molecule has 2 aromatic rings. The summed E-state index contributed by atoms with van der Waals surface area (Å²) in [5.74, 6) is -1.32. The van der Waals surface area contributed by atoms with E-state index in [2.05, 4.69) is 15.3 Å². The smallest absolute Gasteiger partial charge is 0.328 e. The molecule has 10 nitrogen and oxygen atoms in total. The van der Waals surface area contributed by atoms with Crippen molar-refractivity contribution >= 4 is 28.9 Å². The lowest BCUT2D eigenvalue weighted by Gasteiger charge is -2.17. The van der Waals surface area contributed by atoms with Gasteiger partial charge in [0.1, 0.15) is 17.3 Å². The van der Waals surface area contributed by atoms with Gasteiger partial charge in [0.25, 0.3) is 5.91 Å². The Morgan fingerprint density at radius 2 is 2.07 bits per heavy atom. The van der Waals surface area contributed by atoms with Gasteiger partial charge in [-0.1, -0.05) is 0 Å². The molecule has 0 aliphatic heterocycles. The summed E-state index contributed by atoms with van der Waals surface area (Å²) in [5, 5.41) is 2.92. The van der Waals surface area contributed by atoms with Gasteiger partial charge in [0.15, 0.2) is 5.96 Å². The number of pyridine rings is 2. The first-order valence-corrected chi connectivity index (χ1v) is 9.23. The van der Waals surface area contributed by atoms with Crippen LogP contribution in [0.2, 0.25) is 0 Å². The average molecular weight is 402 g/mol. The van der Waals surface area contributed by atoms with Gasteiger partial charge in [-0.15, -0.1) is 0 Å². The molecule has 0 spiro atoms. The number of hydrogen-bond acceptors (Lipinski definition) is 6.